The quantitative estimate of drug-likeness (QED) is 0.452. The highest BCUT2D eigenvalue weighted by Crippen LogP contribution is 2.42. The molecule has 1 atom stereocenters. The van der Waals surface area contributed by atoms with Gasteiger partial charge in [-0.3, -0.25) is 14.4 Å². The molecule has 3 amide bonds. The molecule has 4 N–H and O–H groups in total. The van der Waals surface area contributed by atoms with Crippen molar-refractivity contribution in [2.75, 3.05) is 19.6 Å². The minimum atomic E-state index is -1.10. The van der Waals surface area contributed by atoms with Crippen LogP contribution in [-0.2, 0) is 32.8 Å². The Bertz CT molecular complexity index is 1370. The Morgan fingerprint density at radius 3 is 2.41 bits per heavy atom. The smallest absolute Gasteiger partial charge is 0.245 e. The standard InChI is InChI=1S/C30H37N5O3.ClH/c1-20(36)35-18-21-8-4-6-10-24(21)30(19-35)12-14-34(15-13-30)27(37)26(33-28(38)29(2,3)31)16-22-17-32-25-11-7-5-9-23(22)25;/h4-11,17,26,32H,12-16,18-19,31H2,1-3H3,(H,33,38);1H/t26-;/m1./s1. The van der Waals surface area contributed by atoms with Gasteiger partial charge < -0.3 is 25.8 Å². The lowest BCUT2D eigenvalue weighted by molar-refractivity contribution is -0.139. The molecule has 0 saturated carbocycles. The highest BCUT2D eigenvalue weighted by atomic mass is 35.5. The summed E-state index contributed by atoms with van der Waals surface area (Å²) >= 11 is 0. The number of aromatic nitrogens is 1. The maximum absolute atomic E-state index is 13.9. The normalized spacial score (nSPS) is 17.3. The Morgan fingerprint density at radius 1 is 1.05 bits per heavy atom. The van der Waals surface area contributed by atoms with Gasteiger partial charge in [0.25, 0.3) is 0 Å². The van der Waals surface area contributed by atoms with Crippen LogP contribution in [0.25, 0.3) is 10.9 Å². The zero-order valence-electron chi connectivity index (χ0n) is 22.8. The molecular formula is C30H38ClN5O3. The second kappa shape index (κ2) is 11.0. The van der Waals surface area contributed by atoms with Crippen LogP contribution >= 0.6 is 12.4 Å². The Labute approximate surface area is 235 Å². The fourth-order valence-corrected chi connectivity index (χ4v) is 5.98. The Balaban J connectivity index is 0.00000353. The molecule has 0 radical (unpaired) electrons. The number of likely N-dealkylation sites (tertiary alicyclic amines) is 1. The van der Waals surface area contributed by atoms with Gasteiger partial charge in [0.05, 0.1) is 5.54 Å². The van der Waals surface area contributed by atoms with E-state index in [0.29, 0.717) is 32.6 Å². The van der Waals surface area contributed by atoms with Gasteiger partial charge >= 0.3 is 0 Å². The number of fused-ring (bicyclic) bond motifs is 3. The first kappa shape index (κ1) is 28.6. The van der Waals surface area contributed by atoms with Gasteiger partial charge in [-0.1, -0.05) is 42.5 Å². The molecule has 3 aromatic rings. The first-order chi connectivity index (χ1) is 18.1. The van der Waals surface area contributed by atoms with Gasteiger partial charge in [-0.2, -0.15) is 0 Å². The number of hydrogen-bond donors (Lipinski definition) is 3. The third kappa shape index (κ3) is 5.68. The van der Waals surface area contributed by atoms with E-state index in [9.17, 15) is 14.4 Å². The number of nitrogens with one attached hydrogen (secondary N) is 2. The van der Waals surface area contributed by atoms with E-state index in [2.05, 4.69) is 28.5 Å². The molecule has 2 aromatic carbocycles. The molecular weight excluding hydrogens is 514 g/mol. The molecule has 8 nitrogen and oxygen atoms in total. The zero-order chi connectivity index (χ0) is 27.1. The topological polar surface area (TPSA) is 112 Å². The predicted molar refractivity (Wildman–Crippen MR) is 154 cm³/mol. The maximum Gasteiger partial charge on any atom is 0.245 e. The number of aromatic amines is 1. The lowest BCUT2D eigenvalue weighted by atomic mass is 9.68. The third-order valence-electron chi connectivity index (χ3n) is 8.21. The summed E-state index contributed by atoms with van der Waals surface area (Å²) in [7, 11) is 0. The van der Waals surface area contributed by atoms with Gasteiger partial charge in [-0.25, -0.2) is 0 Å². The van der Waals surface area contributed by atoms with Gasteiger partial charge in [0, 0.05) is 62.0 Å². The highest BCUT2D eigenvalue weighted by molar-refractivity contribution is 5.92. The summed E-state index contributed by atoms with van der Waals surface area (Å²) in [5.41, 5.74) is 9.23. The van der Waals surface area contributed by atoms with Gasteiger partial charge in [0.15, 0.2) is 0 Å². The van der Waals surface area contributed by atoms with Crippen LogP contribution in [0.3, 0.4) is 0 Å². The fourth-order valence-electron chi connectivity index (χ4n) is 5.98. The summed E-state index contributed by atoms with van der Waals surface area (Å²) in [6.45, 7) is 7.32. The summed E-state index contributed by atoms with van der Waals surface area (Å²) in [5.74, 6) is -0.388. The average molecular weight is 552 g/mol. The SMILES string of the molecule is CC(=O)N1Cc2ccccc2C2(CCN(C(=O)[C@@H](Cc3c[nH]c4ccccc34)NC(=O)C(C)(C)N)CC2)C1.Cl. The largest absolute Gasteiger partial charge is 0.361 e. The summed E-state index contributed by atoms with van der Waals surface area (Å²) < 4.78 is 0. The van der Waals surface area contributed by atoms with Crippen LogP contribution < -0.4 is 11.1 Å². The molecule has 2 aliphatic rings. The number of halogens is 1. The van der Waals surface area contributed by atoms with Crippen LogP contribution in [0, 0.1) is 0 Å². The molecule has 1 aromatic heterocycles. The van der Waals surface area contributed by atoms with Crippen molar-refractivity contribution in [3.05, 3.63) is 71.4 Å². The number of nitrogens with zero attached hydrogens (tertiary/aromatic N) is 2. The molecule has 1 spiro atoms. The van der Waals surface area contributed by atoms with Gasteiger partial charge in [0.2, 0.25) is 17.7 Å². The number of benzene rings is 2. The summed E-state index contributed by atoms with van der Waals surface area (Å²) in [6, 6.07) is 15.6. The van der Waals surface area contributed by atoms with E-state index < -0.39 is 11.6 Å². The highest BCUT2D eigenvalue weighted by Gasteiger charge is 2.44. The second-order valence-electron chi connectivity index (χ2n) is 11.4. The number of piperidine rings is 1. The molecule has 9 heteroatoms. The van der Waals surface area contributed by atoms with E-state index in [1.165, 1.54) is 11.1 Å². The summed E-state index contributed by atoms with van der Waals surface area (Å²) in [5, 5.41) is 3.98. The lowest BCUT2D eigenvalue weighted by Gasteiger charge is -2.49. The molecule has 1 fully saturated rings. The minimum absolute atomic E-state index is 0. The van der Waals surface area contributed by atoms with Crippen molar-refractivity contribution in [3.8, 4) is 0 Å². The summed E-state index contributed by atoms with van der Waals surface area (Å²) in [4.78, 5) is 46.2. The Hall–Kier alpha value is -3.36. The second-order valence-corrected chi connectivity index (χ2v) is 11.4. The summed E-state index contributed by atoms with van der Waals surface area (Å²) in [6.07, 6.45) is 3.80. The van der Waals surface area contributed by atoms with Crippen LogP contribution in [0.1, 0.15) is 50.3 Å². The van der Waals surface area contributed by atoms with E-state index in [-0.39, 0.29) is 35.5 Å². The third-order valence-corrected chi connectivity index (χ3v) is 8.21. The molecule has 5 rings (SSSR count). The number of hydrogen-bond acceptors (Lipinski definition) is 4. The number of nitrogens with two attached hydrogens (primary N) is 1. The molecule has 0 unspecified atom stereocenters. The first-order valence-electron chi connectivity index (χ1n) is 13.3. The van der Waals surface area contributed by atoms with Crippen molar-refractivity contribution < 1.29 is 14.4 Å². The van der Waals surface area contributed by atoms with Crippen molar-refractivity contribution in [2.45, 2.75) is 63.6 Å². The number of para-hydroxylation sites is 1. The molecule has 3 heterocycles. The van der Waals surface area contributed by atoms with Crippen molar-refractivity contribution >= 4 is 41.0 Å². The molecule has 39 heavy (non-hydrogen) atoms. The molecule has 208 valence electrons. The molecule has 0 bridgehead atoms. The van der Waals surface area contributed by atoms with Crippen LogP contribution in [0.15, 0.2) is 54.7 Å². The van der Waals surface area contributed by atoms with Crippen LogP contribution in [-0.4, -0.2) is 63.7 Å². The molecule has 2 aliphatic heterocycles. The monoisotopic (exact) mass is 551 g/mol. The van der Waals surface area contributed by atoms with E-state index in [0.717, 1.165) is 29.3 Å². The maximum atomic E-state index is 13.9. The number of carbonyl (C=O) groups is 3. The van der Waals surface area contributed by atoms with Crippen molar-refractivity contribution in [3.63, 3.8) is 0 Å². The van der Waals surface area contributed by atoms with E-state index in [1.807, 2.05) is 46.3 Å². The van der Waals surface area contributed by atoms with Crippen molar-refractivity contribution in [2.24, 2.45) is 5.73 Å². The van der Waals surface area contributed by atoms with Crippen molar-refractivity contribution in [1.29, 1.82) is 0 Å². The van der Waals surface area contributed by atoms with Crippen LogP contribution in [0.4, 0.5) is 0 Å². The lowest BCUT2D eigenvalue weighted by Crippen LogP contribution is -2.59. The number of H-pyrrole nitrogens is 1. The minimum Gasteiger partial charge on any atom is -0.361 e. The van der Waals surface area contributed by atoms with Gasteiger partial charge in [-0.15, -0.1) is 12.4 Å². The van der Waals surface area contributed by atoms with Gasteiger partial charge in [0.1, 0.15) is 6.04 Å². The average Bonchev–Trinajstić information content (AvgIpc) is 3.30. The predicted octanol–water partition coefficient (Wildman–Crippen LogP) is 3.28. The number of carbonyl (C=O) groups excluding carboxylic acids is 3. The van der Waals surface area contributed by atoms with Crippen LogP contribution in [0.2, 0.25) is 0 Å². The number of amides is 3. The van der Waals surface area contributed by atoms with E-state index in [1.54, 1.807) is 20.8 Å². The molecule has 1 saturated heterocycles. The molecule has 0 aliphatic carbocycles. The van der Waals surface area contributed by atoms with Crippen molar-refractivity contribution in [1.82, 2.24) is 20.1 Å². The Kier molecular flexibility index (Phi) is 8.09. The first-order valence-corrected chi connectivity index (χ1v) is 13.3. The fraction of sp³-hybridized carbons (Fsp3) is 0.433. The van der Waals surface area contributed by atoms with E-state index >= 15 is 0 Å². The van der Waals surface area contributed by atoms with Gasteiger partial charge in [-0.05, 0) is 49.4 Å². The van der Waals surface area contributed by atoms with E-state index in [4.69, 9.17) is 5.73 Å². The number of rotatable bonds is 5. The Morgan fingerprint density at radius 2 is 1.72 bits per heavy atom. The zero-order valence-corrected chi connectivity index (χ0v) is 23.6. The van der Waals surface area contributed by atoms with Crippen LogP contribution in [0.5, 0.6) is 0 Å².